The average molecular weight is 277 g/mol. The molecule has 0 aliphatic carbocycles. The minimum Gasteiger partial charge on any atom is -0.496 e. The van der Waals surface area contributed by atoms with Gasteiger partial charge < -0.3 is 10.5 Å². The lowest BCUT2D eigenvalue weighted by molar-refractivity contribution is 0.402. The van der Waals surface area contributed by atoms with Gasteiger partial charge in [0.25, 0.3) is 0 Å². The largest absolute Gasteiger partial charge is 0.496 e. The molecule has 0 aliphatic rings. The zero-order valence-electron chi connectivity index (χ0n) is 13.7. The number of rotatable bonds is 9. The SMILES string of the molecule is CCCCCCCCC(N)c1c(C)cc(C)cc1OC. The predicted octanol–water partition coefficient (Wildman–Crippen LogP) is 5.06. The van der Waals surface area contributed by atoms with E-state index < -0.39 is 0 Å². The molecule has 1 atom stereocenters. The van der Waals surface area contributed by atoms with Crippen LogP contribution < -0.4 is 10.5 Å². The van der Waals surface area contributed by atoms with Gasteiger partial charge >= 0.3 is 0 Å². The molecule has 0 saturated carbocycles. The molecule has 1 unspecified atom stereocenters. The van der Waals surface area contributed by atoms with E-state index in [4.69, 9.17) is 10.5 Å². The third kappa shape index (κ3) is 5.16. The van der Waals surface area contributed by atoms with Crippen LogP contribution in [-0.4, -0.2) is 7.11 Å². The van der Waals surface area contributed by atoms with E-state index >= 15 is 0 Å². The number of unbranched alkanes of at least 4 members (excludes halogenated alkanes) is 5. The van der Waals surface area contributed by atoms with E-state index in [0.29, 0.717) is 0 Å². The molecule has 0 heterocycles. The molecule has 0 aliphatic heterocycles. The summed E-state index contributed by atoms with van der Waals surface area (Å²) in [7, 11) is 1.73. The molecule has 2 nitrogen and oxygen atoms in total. The van der Waals surface area contributed by atoms with Crippen molar-refractivity contribution < 1.29 is 4.74 Å². The molecule has 1 aromatic rings. The van der Waals surface area contributed by atoms with Crippen LogP contribution in [0.2, 0.25) is 0 Å². The zero-order valence-corrected chi connectivity index (χ0v) is 13.7. The molecule has 0 spiro atoms. The molecule has 0 saturated heterocycles. The maximum atomic E-state index is 6.38. The van der Waals surface area contributed by atoms with Crippen molar-refractivity contribution in [3.63, 3.8) is 0 Å². The third-order valence-corrected chi connectivity index (χ3v) is 3.95. The molecule has 2 N–H and O–H groups in total. The van der Waals surface area contributed by atoms with Gasteiger partial charge in [-0.05, 0) is 37.5 Å². The van der Waals surface area contributed by atoms with Crippen LogP contribution in [0.5, 0.6) is 5.75 Å². The van der Waals surface area contributed by atoms with E-state index in [9.17, 15) is 0 Å². The highest BCUT2D eigenvalue weighted by Crippen LogP contribution is 2.31. The van der Waals surface area contributed by atoms with Crippen molar-refractivity contribution in [1.82, 2.24) is 0 Å². The number of aryl methyl sites for hydroxylation is 2. The highest BCUT2D eigenvalue weighted by atomic mass is 16.5. The number of benzene rings is 1. The van der Waals surface area contributed by atoms with Crippen molar-refractivity contribution in [2.45, 2.75) is 71.8 Å². The van der Waals surface area contributed by atoms with Crippen molar-refractivity contribution in [2.75, 3.05) is 7.11 Å². The topological polar surface area (TPSA) is 35.2 Å². The smallest absolute Gasteiger partial charge is 0.124 e. The van der Waals surface area contributed by atoms with Crippen molar-refractivity contribution in [3.8, 4) is 5.75 Å². The average Bonchev–Trinajstić information content (AvgIpc) is 2.41. The van der Waals surface area contributed by atoms with Gasteiger partial charge in [0.05, 0.1) is 7.11 Å². The molecule has 2 heteroatoms. The Kier molecular flexibility index (Phi) is 7.68. The Morgan fingerprint density at radius 2 is 1.70 bits per heavy atom. The van der Waals surface area contributed by atoms with Gasteiger partial charge in [0.1, 0.15) is 5.75 Å². The van der Waals surface area contributed by atoms with Crippen molar-refractivity contribution in [2.24, 2.45) is 5.73 Å². The van der Waals surface area contributed by atoms with Gasteiger partial charge in [0, 0.05) is 11.6 Å². The fraction of sp³-hybridized carbons (Fsp3) is 0.667. The quantitative estimate of drug-likeness (QED) is 0.640. The van der Waals surface area contributed by atoms with E-state index in [-0.39, 0.29) is 6.04 Å². The number of nitrogens with two attached hydrogens (primary N) is 1. The Balaban J connectivity index is 2.52. The van der Waals surface area contributed by atoms with Gasteiger partial charge in [-0.25, -0.2) is 0 Å². The molecule has 0 amide bonds. The standard InChI is InChI=1S/C18H31NO/c1-5-6-7-8-9-10-11-16(19)18-15(3)12-14(2)13-17(18)20-4/h12-13,16H,5-11,19H2,1-4H3. The third-order valence-electron chi connectivity index (χ3n) is 3.95. The monoisotopic (exact) mass is 277 g/mol. The lowest BCUT2D eigenvalue weighted by atomic mass is 9.94. The summed E-state index contributed by atoms with van der Waals surface area (Å²) in [5.41, 5.74) is 10.1. The fourth-order valence-electron chi connectivity index (χ4n) is 2.87. The minimum atomic E-state index is 0.0942. The Hall–Kier alpha value is -1.02. The van der Waals surface area contributed by atoms with Crippen LogP contribution in [0.25, 0.3) is 0 Å². The van der Waals surface area contributed by atoms with E-state index in [1.807, 2.05) is 0 Å². The molecule has 114 valence electrons. The van der Waals surface area contributed by atoms with E-state index in [1.165, 1.54) is 55.2 Å². The zero-order chi connectivity index (χ0) is 15.0. The molecule has 0 radical (unpaired) electrons. The molecule has 20 heavy (non-hydrogen) atoms. The van der Waals surface area contributed by atoms with Crippen molar-refractivity contribution >= 4 is 0 Å². The van der Waals surface area contributed by atoms with Crippen LogP contribution in [0.15, 0.2) is 12.1 Å². The maximum absolute atomic E-state index is 6.38. The van der Waals surface area contributed by atoms with Crippen LogP contribution >= 0.6 is 0 Å². The van der Waals surface area contributed by atoms with Crippen LogP contribution in [0, 0.1) is 13.8 Å². The number of hydrogen-bond acceptors (Lipinski definition) is 2. The Labute approximate surface area is 124 Å². The lowest BCUT2D eigenvalue weighted by Crippen LogP contribution is -2.13. The Bertz CT molecular complexity index is 401. The lowest BCUT2D eigenvalue weighted by Gasteiger charge is -2.19. The summed E-state index contributed by atoms with van der Waals surface area (Å²) in [5.74, 6) is 0.945. The molecule has 1 aromatic carbocycles. The number of ether oxygens (including phenoxy) is 1. The summed E-state index contributed by atoms with van der Waals surface area (Å²) >= 11 is 0. The first-order valence-electron chi connectivity index (χ1n) is 8.00. The van der Waals surface area contributed by atoms with Gasteiger partial charge in [0.2, 0.25) is 0 Å². The maximum Gasteiger partial charge on any atom is 0.124 e. The predicted molar refractivity (Wildman–Crippen MR) is 87.4 cm³/mol. The molecular formula is C18H31NO. The molecule has 1 rings (SSSR count). The Morgan fingerprint density at radius 3 is 2.35 bits per heavy atom. The van der Waals surface area contributed by atoms with Gasteiger partial charge in [-0.3, -0.25) is 0 Å². The number of hydrogen-bond donors (Lipinski definition) is 1. The summed E-state index contributed by atoms with van der Waals surface area (Å²) in [6.07, 6.45) is 8.91. The first kappa shape index (κ1) is 17.0. The highest BCUT2D eigenvalue weighted by Gasteiger charge is 2.15. The summed E-state index contributed by atoms with van der Waals surface area (Å²) in [5, 5.41) is 0. The second kappa shape index (κ2) is 9.02. The van der Waals surface area contributed by atoms with Crippen LogP contribution in [-0.2, 0) is 0 Å². The Morgan fingerprint density at radius 1 is 1.05 bits per heavy atom. The summed E-state index contributed by atoms with van der Waals surface area (Å²) < 4.78 is 5.51. The van der Waals surface area contributed by atoms with E-state index in [2.05, 4.69) is 32.9 Å². The second-order valence-corrected chi connectivity index (χ2v) is 5.86. The normalized spacial score (nSPS) is 12.4. The van der Waals surface area contributed by atoms with Crippen molar-refractivity contribution in [3.05, 3.63) is 28.8 Å². The molecule has 0 bridgehead atoms. The highest BCUT2D eigenvalue weighted by molar-refractivity contribution is 5.44. The summed E-state index contributed by atoms with van der Waals surface area (Å²) in [4.78, 5) is 0. The van der Waals surface area contributed by atoms with Crippen LogP contribution in [0.4, 0.5) is 0 Å². The minimum absolute atomic E-state index is 0.0942. The van der Waals surface area contributed by atoms with Gasteiger partial charge in [0.15, 0.2) is 0 Å². The number of methoxy groups -OCH3 is 1. The van der Waals surface area contributed by atoms with E-state index in [0.717, 1.165) is 12.2 Å². The molecule has 0 fully saturated rings. The van der Waals surface area contributed by atoms with E-state index in [1.54, 1.807) is 7.11 Å². The van der Waals surface area contributed by atoms with Crippen LogP contribution in [0.1, 0.15) is 74.6 Å². The van der Waals surface area contributed by atoms with Gasteiger partial charge in [-0.2, -0.15) is 0 Å². The molecular weight excluding hydrogens is 246 g/mol. The second-order valence-electron chi connectivity index (χ2n) is 5.86. The van der Waals surface area contributed by atoms with Gasteiger partial charge in [-0.15, -0.1) is 0 Å². The summed E-state index contributed by atoms with van der Waals surface area (Å²) in [6, 6.07) is 4.37. The van der Waals surface area contributed by atoms with Crippen molar-refractivity contribution in [1.29, 1.82) is 0 Å². The fourth-order valence-corrected chi connectivity index (χ4v) is 2.87. The first-order valence-corrected chi connectivity index (χ1v) is 8.00. The van der Waals surface area contributed by atoms with Crippen LogP contribution in [0.3, 0.4) is 0 Å². The first-order chi connectivity index (χ1) is 9.60. The molecule has 0 aromatic heterocycles. The summed E-state index contributed by atoms with van der Waals surface area (Å²) in [6.45, 7) is 6.48. The van der Waals surface area contributed by atoms with Gasteiger partial charge in [-0.1, -0.05) is 51.5 Å².